The molecule has 0 amide bonds. The highest BCUT2D eigenvalue weighted by atomic mass is 28.3. The van der Waals surface area contributed by atoms with Gasteiger partial charge in [0, 0.05) is 23.0 Å². The highest BCUT2D eigenvalue weighted by Crippen LogP contribution is 2.33. The summed E-state index contributed by atoms with van der Waals surface area (Å²) in [6.07, 6.45) is 4.27. The van der Waals surface area contributed by atoms with Gasteiger partial charge in [0.05, 0.1) is 10.9 Å². The molecule has 4 heterocycles. The van der Waals surface area contributed by atoms with Crippen LogP contribution in [0.5, 0.6) is 0 Å². The SMILES string of the molecule is c1ccc(-c2cccc([Si]3(c4cccc(-c5ccccc5)c4)c4ccc[n+]5c4-c4c(ccnc43)C5)c2)cc1. The monoisotopic (exact) mass is 501 g/mol. The Kier molecular flexibility index (Phi) is 4.64. The largest absolute Gasteiger partial charge is 0.264 e. The first-order valence-electron chi connectivity index (χ1n) is 13.2. The zero-order valence-electron chi connectivity index (χ0n) is 20.9. The predicted octanol–water partition coefficient (Wildman–Crippen LogP) is 4.42. The van der Waals surface area contributed by atoms with Gasteiger partial charge >= 0.3 is 0 Å². The highest BCUT2D eigenvalue weighted by Gasteiger charge is 2.56. The van der Waals surface area contributed by atoms with Crippen LogP contribution in [0.2, 0.25) is 0 Å². The van der Waals surface area contributed by atoms with Crippen molar-refractivity contribution in [2.45, 2.75) is 6.54 Å². The fourth-order valence-electron chi connectivity index (χ4n) is 6.63. The van der Waals surface area contributed by atoms with Gasteiger partial charge in [0.25, 0.3) is 0 Å². The predicted molar refractivity (Wildman–Crippen MR) is 157 cm³/mol. The summed E-state index contributed by atoms with van der Waals surface area (Å²) in [7, 11) is -2.68. The van der Waals surface area contributed by atoms with Crippen LogP contribution in [0.15, 0.2) is 140 Å². The first kappa shape index (κ1) is 21.5. The minimum absolute atomic E-state index is 0.923. The summed E-state index contributed by atoms with van der Waals surface area (Å²) in [5.41, 5.74) is 9.11. The summed E-state index contributed by atoms with van der Waals surface area (Å²) in [6, 6.07) is 46.8. The number of benzene rings is 4. The van der Waals surface area contributed by atoms with E-state index in [1.54, 1.807) is 0 Å². The van der Waals surface area contributed by atoms with Gasteiger partial charge in [-0.1, -0.05) is 109 Å². The van der Waals surface area contributed by atoms with E-state index in [0.29, 0.717) is 0 Å². The molecule has 0 N–H and O–H groups in total. The molecule has 0 radical (unpaired) electrons. The van der Waals surface area contributed by atoms with Crippen LogP contribution < -0.4 is 25.4 Å². The Balaban J connectivity index is 1.47. The second kappa shape index (κ2) is 8.20. The molecule has 8 rings (SSSR count). The fourth-order valence-corrected chi connectivity index (χ4v) is 11.7. The molecule has 0 saturated heterocycles. The van der Waals surface area contributed by atoms with E-state index < -0.39 is 8.07 Å². The molecule has 4 aromatic carbocycles. The van der Waals surface area contributed by atoms with Crippen molar-refractivity contribution in [1.29, 1.82) is 0 Å². The molecule has 2 aliphatic heterocycles. The van der Waals surface area contributed by atoms with Crippen molar-refractivity contribution in [2.24, 2.45) is 0 Å². The van der Waals surface area contributed by atoms with E-state index in [1.165, 1.54) is 60.0 Å². The Morgan fingerprint density at radius 3 is 1.82 bits per heavy atom. The van der Waals surface area contributed by atoms with Gasteiger partial charge in [-0.25, -0.2) is 0 Å². The fraction of sp³-hybridized carbons (Fsp3) is 0.0286. The molecule has 2 nitrogen and oxygen atoms in total. The summed E-state index contributed by atoms with van der Waals surface area (Å²) in [6.45, 7) is 0.923. The topological polar surface area (TPSA) is 16.8 Å². The van der Waals surface area contributed by atoms with E-state index in [0.717, 1.165) is 6.54 Å². The Morgan fingerprint density at radius 1 is 0.579 bits per heavy atom. The van der Waals surface area contributed by atoms with Crippen molar-refractivity contribution in [3.8, 4) is 33.5 Å². The summed E-state index contributed by atoms with van der Waals surface area (Å²) < 4.78 is 2.43. The maximum absolute atomic E-state index is 5.23. The summed E-state index contributed by atoms with van der Waals surface area (Å²) in [5, 5.41) is 5.49. The van der Waals surface area contributed by atoms with E-state index in [2.05, 4.69) is 138 Å². The van der Waals surface area contributed by atoms with Crippen LogP contribution in [0.4, 0.5) is 0 Å². The van der Waals surface area contributed by atoms with Gasteiger partial charge in [0.15, 0.2) is 12.7 Å². The van der Waals surface area contributed by atoms with E-state index in [9.17, 15) is 0 Å². The standard InChI is InChI=1S/C35H25N2Si/c1-3-10-25(11-4-1)27-14-7-16-30(22-27)38(31-17-8-15-28(23-31)26-12-5-2-6-13-26)32-18-9-21-37-24-29-19-20-36-35(38)33(29)34(32)37/h1-23H,24H2/q+1. The average Bonchev–Trinajstić information content (AvgIpc) is 3.54. The van der Waals surface area contributed by atoms with Crippen LogP contribution in [0.25, 0.3) is 33.5 Å². The van der Waals surface area contributed by atoms with Crippen LogP contribution in [0.1, 0.15) is 5.56 Å². The minimum atomic E-state index is -2.68. The van der Waals surface area contributed by atoms with Gasteiger partial charge in [0.2, 0.25) is 13.8 Å². The molecule has 0 fully saturated rings. The number of hydrogen-bond donors (Lipinski definition) is 0. The van der Waals surface area contributed by atoms with E-state index in [-0.39, 0.29) is 0 Å². The van der Waals surface area contributed by atoms with Gasteiger partial charge in [0.1, 0.15) is 0 Å². The lowest BCUT2D eigenvalue weighted by Gasteiger charge is -2.30. The molecule has 178 valence electrons. The van der Waals surface area contributed by atoms with Crippen molar-refractivity contribution >= 4 is 29.0 Å². The molecular weight excluding hydrogens is 476 g/mol. The molecule has 0 unspecified atom stereocenters. The molecule has 0 atom stereocenters. The molecule has 0 bridgehead atoms. The molecule has 0 saturated carbocycles. The van der Waals surface area contributed by atoms with Gasteiger partial charge in [-0.3, -0.25) is 4.98 Å². The summed E-state index contributed by atoms with van der Waals surface area (Å²) in [4.78, 5) is 5.23. The van der Waals surface area contributed by atoms with Gasteiger partial charge in [-0.05, 0) is 44.8 Å². The molecule has 0 aliphatic carbocycles. The van der Waals surface area contributed by atoms with Crippen molar-refractivity contribution in [3.05, 3.63) is 145 Å². The number of hydrogen-bond acceptors (Lipinski definition) is 1. The number of pyridine rings is 2. The normalized spacial score (nSPS) is 13.9. The Morgan fingerprint density at radius 2 is 1.18 bits per heavy atom. The average molecular weight is 502 g/mol. The first-order valence-corrected chi connectivity index (χ1v) is 15.2. The Labute approximate surface area is 223 Å². The van der Waals surface area contributed by atoms with Gasteiger partial charge in [-0.2, -0.15) is 4.57 Å². The van der Waals surface area contributed by atoms with Crippen LogP contribution in [-0.2, 0) is 6.54 Å². The third-order valence-corrected chi connectivity index (χ3v) is 12.9. The second-order valence-corrected chi connectivity index (χ2v) is 13.9. The molecule has 2 aliphatic rings. The third-order valence-electron chi connectivity index (χ3n) is 8.25. The van der Waals surface area contributed by atoms with Crippen molar-refractivity contribution < 1.29 is 4.57 Å². The van der Waals surface area contributed by atoms with Crippen molar-refractivity contribution in [2.75, 3.05) is 0 Å². The molecule has 0 spiro atoms. The van der Waals surface area contributed by atoms with Crippen LogP contribution >= 0.6 is 0 Å². The second-order valence-electron chi connectivity index (χ2n) is 10.2. The molecule has 3 heteroatoms. The number of rotatable bonds is 4. The van der Waals surface area contributed by atoms with E-state index >= 15 is 0 Å². The lowest BCUT2D eigenvalue weighted by Crippen LogP contribution is -2.74. The number of nitrogens with zero attached hydrogens (tertiary/aromatic N) is 2. The van der Waals surface area contributed by atoms with Gasteiger partial charge in [-0.15, -0.1) is 0 Å². The van der Waals surface area contributed by atoms with E-state index in [4.69, 9.17) is 4.98 Å². The van der Waals surface area contributed by atoms with E-state index in [1.807, 2.05) is 6.20 Å². The summed E-state index contributed by atoms with van der Waals surface area (Å²) in [5.74, 6) is 0. The third kappa shape index (κ3) is 2.94. The van der Waals surface area contributed by atoms with Crippen LogP contribution in [0, 0.1) is 0 Å². The Bertz CT molecular complexity index is 1710. The Hall–Kier alpha value is -4.60. The molecule has 2 aromatic heterocycles. The molecular formula is C35H25N2Si+. The zero-order chi connectivity index (χ0) is 25.1. The lowest BCUT2D eigenvalue weighted by atomic mass is 10.1. The maximum Gasteiger partial charge on any atom is 0.215 e. The maximum atomic E-state index is 5.23. The smallest absolute Gasteiger partial charge is 0.215 e. The quantitative estimate of drug-likeness (QED) is 0.258. The van der Waals surface area contributed by atoms with Crippen molar-refractivity contribution in [1.82, 2.24) is 4.98 Å². The van der Waals surface area contributed by atoms with Crippen LogP contribution in [-0.4, -0.2) is 13.1 Å². The lowest BCUT2D eigenvalue weighted by molar-refractivity contribution is -0.671. The van der Waals surface area contributed by atoms with Crippen LogP contribution in [0.3, 0.4) is 0 Å². The minimum Gasteiger partial charge on any atom is -0.264 e. The number of aromatic nitrogens is 2. The highest BCUT2D eigenvalue weighted by molar-refractivity contribution is 7.21. The first-order chi connectivity index (χ1) is 18.8. The zero-order valence-corrected chi connectivity index (χ0v) is 21.9. The molecule has 38 heavy (non-hydrogen) atoms. The van der Waals surface area contributed by atoms with Gasteiger partial charge < -0.3 is 0 Å². The summed E-state index contributed by atoms with van der Waals surface area (Å²) >= 11 is 0. The van der Waals surface area contributed by atoms with Crippen molar-refractivity contribution in [3.63, 3.8) is 0 Å². The molecule has 6 aromatic rings.